The number of phenols is 1. The number of hydrogen-bond acceptors (Lipinski definition) is 33. The van der Waals surface area contributed by atoms with E-state index in [4.69, 9.17) is 43.3 Å². The Bertz CT molecular complexity index is 7030. The lowest BCUT2D eigenvalue weighted by atomic mass is 9.85. The highest BCUT2D eigenvalue weighted by atomic mass is 16.7. The molecule has 132 heavy (non-hydrogen) atoms. The van der Waals surface area contributed by atoms with Gasteiger partial charge < -0.3 is 62.3 Å². The van der Waals surface area contributed by atoms with Gasteiger partial charge in [-0.25, -0.2) is 33.9 Å². The number of nitro groups is 6. The third-order valence-corrected chi connectivity index (χ3v) is 25.6. The second-order valence-electron chi connectivity index (χ2n) is 33.5. The predicted octanol–water partition coefficient (Wildman–Crippen LogP) is 12.8. The molecule has 10 aromatic rings. The fourth-order valence-corrected chi connectivity index (χ4v) is 19.1. The maximum Gasteiger partial charge on any atom is 0.415 e. The zero-order valence-corrected chi connectivity index (χ0v) is 72.3. The molecule has 678 valence electrons. The molecule has 1 amide bonds. The minimum absolute atomic E-state index is 0.0163. The van der Waals surface area contributed by atoms with Crippen LogP contribution in [0.2, 0.25) is 0 Å². The van der Waals surface area contributed by atoms with Gasteiger partial charge in [0.25, 0.3) is 45.2 Å². The molecule has 2 aliphatic carbocycles. The summed E-state index contributed by atoms with van der Waals surface area (Å²) in [5.74, 6) is -3.75. The lowest BCUT2D eigenvalue weighted by Crippen LogP contribution is -2.48. The average Bonchev–Trinajstić information content (AvgIpc) is 1.53. The van der Waals surface area contributed by atoms with Crippen molar-refractivity contribution in [3.8, 4) is 56.5 Å². The van der Waals surface area contributed by atoms with Crippen molar-refractivity contribution in [3.63, 3.8) is 0 Å². The van der Waals surface area contributed by atoms with Crippen LogP contribution in [-0.4, -0.2) is 168 Å². The van der Waals surface area contributed by atoms with Gasteiger partial charge in [-0.05, 0) is 165 Å². The van der Waals surface area contributed by atoms with Crippen LogP contribution >= 0.6 is 0 Å². The Morgan fingerprint density at radius 3 is 1.45 bits per heavy atom. The first-order valence-electron chi connectivity index (χ1n) is 42.3. The van der Waals surface area contributed by atoms with Crippen molar-refractivity contribution in [1.29, 1.82) is 0 Å². The van der Waals surface area contributed by atoms with Crippen molar-refractivity contribution in [3.05, 3.63) is 256 Å². The van der Waals surface area contributed by atoms with E-state index in [2.05, 4.69) is 15.2 Å². The van der Waals surface area contributed by atoms with Gasteiger partial charge in [-0.1, -0.05) is 37.5 Å². The lowest BCUT2D eigenvalue weighted by molar-refractivity contribution is -0.394. The number of aromatic nitrogens is 4. The summed E-state index contributed by atoms with van der Waals surface area (Å²) >= 11 is 0. The number of non-ortho nitro benzene ring substituents is 4. The molecule has 8 aliphatic rings. The summed E-state index contributed by atoms with van der Waals surface area (Å²) in [4.78, 5) is 192. The molecule has 6 aliphatic heterocycles. The van der Waals surface area contributed by atoms with Crippen molar-refractivity contribution in [1.82, 2.24) is 33.8 Å². The third-order valence-electron chi connectivity index (χ3n) is 25.6. The highest BCUT2D eigenvalue weighted by Gasteiger charge is 2.54. The number of nitro benzene ring substituents is 6. The van der Waals surface area contributed by atoms with E-state index >= 15 is 0 Å². The lowest BCUT2D eigenvalue weighted by Gasteiger charge is -2.39. The number of carbonyl (C=O) groups is 5. The number of phenolic OH excluding ortho intramolecular Hbond substituents is 1. The zero-order chi connectivity index (χ0) is 94.0. The van der Waals surface area contributed by atoms with Crippen LogP contribution in [0.15, 0.2) is 117 Å². The fourth-order valence-electron chi connectivity index (χ4n) is 19.1. The first-order chi connectivity index (χ1) is 63.0. The number of benzene rings is 6. The quantitative estimate of drug-likeness (QED) is 0.0302. The number of aryl methyl sites for hydroxylation is 3. The summed E-state index contributed by atoms with van der Waals surface area (Å²) in [5, 5.41) is 92.2. The molecule has 42 nitrogen and oxygen atoms in total. The van der Waals surface area contributed by atoms with E-state index in [0.29, 0.717) is 88.2 Å². The molecule has 0 unspecified atom stereocenters. The Labute approximate surface area is 745 Å². The topological polar surface area (TPSA) is 533 Å². The van der Waals surface area contributed by atoms with Gasteiger partial charge in [0.2, 0.25) is 23.4 Å². The van der Waals surface area contributed by atoms with Crippen molar-refractivity contribution < 1.29 is 92.0 Å². The molecule has 2 fully saturated rings. The summed E-state index contributed by atoms with van der Waals surface area (Å²) in [6, 6.07) is 22.1. The van der Waals surface area contributed by atoms with E-state index < -0.39 is 141 Å². The van der Waals surface area contributed by atoms with Gasteiger partial charge in [0.15, 0.2) is 0 Å². The number of cyclic esters (lactones) is 2. The van der Waals surface area contributed by atoms with Crippen LogP contribution in [0.4, 0.5) is 38.9 Å². The van der Waals surface area contributed by atoms with Gasteiger partial charge in [-0.3, -0.25) is 70.3 Å². The molecule has 10 heterocycles. The second kappa shape index (κ2) is 33.7. The molecular formula is C90H81N15O27. The SMILES string of the molecule is CC[C@@]1(OC(=O)[C@@H](C)O/N=C2\c3cc([N+](=O)[O-])cc(C)c3-c3c2cc([N+](=O)[O-])cc3[N+](=O)[O-])C(=O)OCc2c1cc1n(c2=O)Cc2cc3c(CN(C)C)c(O)ccc3nc2-1.CCc1c2c(nc3ccc(OC(=O)N4CCC(N5CCCCC5)CC4)cc13)-c1cc3c(c(=O)n1C2)COC(=O)[C@@]3(CC)OC(=O)[C@@H](C)O/N=C1/c2cc([N+](=O)[O-])cc(C)c2-c2c1cc([N+](=O)[O-])cc2[N+](=O)[O-]. The Morgan fingerprint density at radius 1 is 0.545 bits per heavy atom. The summed E-state index contributed by atoms with van der Waals surface area (Å²) in [7, 11) is 3.73. The largest absolute Gasteiger partial charge is 0.508 e. The minimum atomic E-state index is -2.16. The van der Waals surface area contributed by atoms with Gasteiger partial charge >= 0.3 is 30.0 Å². The summed E-state index contributed by atoms with van der Waals surface area (Å²) in [6.45, 7) is 13.8. The monoisotopic (exact) mass is 1800 g/mol. The van der Waals surface area contributed by atoms with Crippen LogP contribution in [-0.2, 0) is 98.3 Å². The number of aromatic hydroxyl groups is 1. The van der Waals surface area contributed by atoms with Gasteiger partial charge in [-0.15, -0.1) is 0 Å². The molecule has 4 aromatic heterocycles. The smallest absolute Gasteiger partial charge is 0.415 e. The molecule has 1 N–H and O–H groups in total. The average molecular weight is 1800 g/mol. The van der Waals surface area contributed by atoms with Crippen molar-refractivity contribution >= 4 is 97.3 Å². The minimum Gasteiger partial charge on any atom is -0.508 e. The van der Waals surface area contributed by atoms with E-state index in [1.54, 1.807) is 61.2 Å². The number of piperidine rings is 2. The highest BCUT2D eigenvalue weighted by molar-refractivity contribution is 6.28. The van der Waals surface area contributed by atoms with E-state index in [1.807, 2.05) is 32.0 Å². The molecule has 0 saturated carbocycles. The number of likely N-dealkylation sites (tertiary alicyclic amines) is 2. The van der Waals surface area contributed by atoms with Crippen LogP contribution in [0, 0.1) is 74.5 Å². The molecule has 42 heteroatoms. The number of nitrogens with zero attached hydrogens (tertiary/aromatic N) is 15. The summed E-state index contributed by atoms with van der Waals surface area (Å²) in [5.41, 5.74) is -2.92. The number of rotatable bonds is 21. The van der Waals surface area contributed by atoms with Gasteiger partial charge in [-0.2, -0.15) is 0 Å². The van der Waals surface area contributed by atoms with Gasteiger partial charge in [0, 0.05) is 134 Å². The molecule has 4 atom stereocenters. The first-order valence-corrected chi connectivity index (χ1v) is 42.3. The maximum absolute atomic E-state index is 14.5. The predicted molar refractivity (Wildman–Crippen MR) is 467 cm³/mol. The number of amides is 1. The zero-order valence-electron chi connectivity index (χ0n) is 72.3. The third kappa shape index (κ3) is 14.8. The van der Waals surface area contributed by atoms with E-state index in [0.717, 1.165) is 78.8 Å². The van der Waals surface area contributed by atoms with E-state index in [-0.39, 0.29) is 121 Å². The van der Waals surface area contributed by atoms with Crippen molar-refractivity contribution in [2.75, 3.05) is 40.3 Å². The molecule has 0 bridgehead atoms. The second-order valence-corrected chi connectivity index (χ2v) is 33.5. The molecule has 2 saturated heterocycles. The Hall–Kier alpha value is -15.8. The Balaban J connectivity index is 0.000000188. The van der Waals surface area contributed by atoms with Crippen molar-refractivity contribution in [2.24, 2.45) is 10.3 Å². The normalized spacial score (nSPS) is 18.2. The number of pyridine rings is 4. The van der Waals surface area contributed by atoms with Gasteiger partial charge in [0.05, 0.1) is 111 Å². The van der Waals surface area contributed by atoms with Gasteiger partial charge in [0.1, 0.15) is 36.1 Å². The number of fused-ring (bicyclic) bond motifs is 16. The van der Waals surface area contributed by atoms with Crippen molar-refractivity contribution in [2.45, 2.75) is 162 Å². The highest BCUT2D eigenvalue weighted by Crippen LogP contribution is 2.52. The first kappa shape index (κ1) is 88.3. The van der Waals surface area contributed by atoms with Crippen LogP contribution < -0.4 is 15.9 Å². The molecule has 18 rings (SSSR count). The Morgan fingerprint density at radius 2 is 0.992 bits per heavy atom. The van der Waals surface area contributed by atoms with Crippen LogP contribution in [0.25, 0.3) is 66.8 Å². The number of ether oxygens (including phenoxy) is 5. The number of esters is 4. The van der Waals surface area contributed by atoms with Crippen LogP contribution in [0.3, 0.4) is 0 Å². The number of carbonyl (C=O) groups excluding carboxylic acids is 5. The van der Waals surface area contributed by atoms with Crippen LogP contribution in [0.5, 0.6) is 11.5 Å². The molecule has 0 spiro atoms. The number of oxime groups is 2. The van der Waals surface area contributed by atoms with Crippen LogP contribution in [0.1, 0.15) is 157 Å². The number of hydrogen-bond donors (Lipinski definition) is 1. The molecule has 6 aromatic carbocycles. The molecule has 0 radical (unpaired) electrons. The fraction of sp³-hybridized carbons (Fsp3) is 0.344. The Kier molecular flexibility index (Phi) is 22.5. The van der Waals surface area contributed by atoms with E-state index in [9.17, 15) is 99.4 Å². The molecular weight excluding hydrogens is 1720 g/mol. The van der Waals surface area contributed by atoms with E-state index in [1.165, 1.54) is 68.2 Å². The summed E-state index contributed by atoms with van der Waals surface area (Å²) in [6.07, 6.45) is 1.97. The summed E-state index contributed by atoms with van der Waals surface area (Å²) < 4.78 is 31.9. The standard InChI is InChI=1S/C50H48N8O14.C40H33N7O13/c1-5-32-33-22-31(70-49(62)54-16-12-28(13-17-54)53-14-8-7-9-15-53)10-11-39(33)51-45-36(32)24-55-41(45)23-38-37(46(55)59)25-69-48(61)50(38,6-2)71-47(60)27(4)72-52-44-34-19-29(56(63)64)18-26(3)42(34)43-35(44)20-30(57(65)66)21-40(43)58(67)68;1-6-40(28-14-31-35-20(15-44(31)37(49)27(28)17-58-39(40)51)10-23-26(16-43(4)5)32(48)8-7-29(23)41-35)59-38(50)19(3)60-42-36-24-11-21(45(52)53)9-18(2)33(24)34-25(36)12-22(46(54)55)13-30(34)47(56)57/h10-11,18-23,27-28H,5-9,12-17,24-25H2,1-4H3;7-14,19,48H,6,15-17H2,1-5H3/b52-44-;42-36+/t27-,50+;19-,40+/m11/s1. The maximum atomic E-state index is 14.5.